The van der Waals surface area contributed by atoms with Crippen molar-refractivity contribution in [2.45, 2.75) is 155 Å². The molecule has 9 heteroatoms. The van der Waals surface area contributed by atoms with Gasteiger partial charge in [-0.3, -0.25) is 13.8 Å². The number of nitrogens with one attached hydrogen (secondary N) is 1. The summed E-state index contributed by atoms with van der Waals surface area (Å²) in [5.41, 5.74) is 0. The van der Waals surface area contributed by atoms with Gasteiger partial charge in [-0.1, -0.05) is 145 Å². The van der Waals surface area contributed by atoms with Crippen LogP contribution in [0.1, 0.15) is 149 Å². The predicted octanol–water partition coefficient (Wildman–Crippen LogP) is 9.25. The monoisotopic (exact) mass is 641 g/mol. The second-order valence-corrected chi connectivity index (χ2v) is 12.9. The van der Waals surface area contributed by atoms with Gasteiger partial charge in [-0.05, 0) is 12.8 Å². The SMILES string of the molecule is CCCCCCCCCCCCCCCCCCCCCC(=O)NCC(COP(=O)(O)OCCBr)OCCC. The third kappa shape index (κ3) is 29.3. The van der Waals surface area contributed by atoms with E-state index < -0.39 is 13.9 Å². The maximum atomic E-state index is 12.2. The summed E-state index contributed by atoms with van der Waals surface area (Å²) >= 11 is 3.14. The molecule has 0 fully saturated rings. The topological polar surface area (TPSA) is 94.1 Å². The fourth-order valence-corrected chi connectivity index (χ4v) is 5.66. The first-order valence-electron chi connectivity index (χ1n) is 16.0. The number of alkyl halides is 1. The van der Waals surface area contributed by atoms with Crippen LogP contribution in [0, 0.1) is 0 Å². The lowest BCUT2D eigenvalue weighted by molar-refractivity contribution is -0.122. The van der Waals surface area contributed by atoms with Crippen molar-refractivity contribution in [2.24, 2.45) is 0 Å². The third-order valence-electron chi connectivity index (χ3n) is 6.85. The van der Waals surface area contributed by atoms with E-state index in [1.807, 2.05) is 6.92 Å². The minimum absolute atomic E-state index is 0.0187. The minimum Gasteiger partial charge on any atom is -0.374 e. The van der Waals surface area contributed by atoms with Crippen molar-refractivity contribution >= 4 is 29.7 Å². The van der Waals surface area contributed by atoms with Crippen LogP contribution in [0.5, 0.6) is 0 Å². The Morgan fingerprint density at radius 3 is 1.62 bits per heavy atom. The third-order valence-corrected chi connectivity index (χ3v) is 8.16. The number of amides is 1. The van der Waals surface area contributed by atoms with Crippen LogP contribution in [0.25, 0.3) is 0 Å². The summed E-state index contributed by atoms with van der Waals surface area (Å²) in [6.45, 7) is 4.95. The van der Waals surface area contributed by atoms with Gasteiger partial charge in [0.1, 0.15) is 0 Å². The molecule has 2 N–H and O–H groups in total. The summed E-state index contributed by atoms with van der Waals surface area (Å²) in [6, 6.07) is 0. The van der Waals surface area contributed by atoms with Gasteiger partial charge in [0.25, 0.3) is 0 Å². The first-order valence-corrected chi connectivity index (χ1v) is 18.6. The summed E-state index contributed by atoms with van der Waals surface area (Å²) in [5, 5.41) is 3.30. The van der Waals surface area contributed by atoms with Gasteiger partial charge >= 0.3 is 7.82 Å². The standard InChI is InChI=1S/C30H61BrNO6P/c1-3-5-6-7-8-9-10-11-12-13-14-15-16-17-18-19-20-21-22-23-30(33)32-27-29(36-25-4-2)28-38-39(34,35)37-26-24-31/h29H,3-28H2,1-2H3,(H,32,33)(H,34,35). The average molecular weight is 643 g/mol. The summed E-state index contributed by atoms with van der Waals surface area (Å²) in [4.78, 5) is 21.9. The van der Waals surface area contributed by atoms with E-state index >= 15 is 0 Å². The number of hydrogen-bond acceptors (Lipinski definition) is 5. The number of rotatable bonds is 31. The molecule has 0 aliphatic rings. The molecule has 0 aliphatic carbocycles. The van der Waals surface area contributed by atoms with Crippen LogP contribution in [0.15, 0.2) is 0 Å². The number of ether oxygens (including phenoxy) is 1. The predicted molar refractivity (Wildman–Crippen MR) is 167 cm³/mol. The van der Waals surface area contributed by atoms with E-state index in [2.05, 4.69) is 28.2 Å². The fourth-order valence-electron chi connectivity index (χ4n) is 4.49. The molecule has 0 aromatic heterocycles. The molecular formula is C30H61BrNO6P. The van der Waals surface area contributed by atoms with Crippen molar-refractivity contribution < 1.29 is 28.0 Å². The first-order chi connectivity index (χ1) is 18.9. The second-order valence-electron chi connectivity index (χ2n) is 10.7. The molecule has 234 valence electrons. The Labute approximate surface area is 249 Å². The van der Waals surface area contributed by atoms with Gasteiger partial charge in [-0.25, -0.2) is 4.57 Å². The zero-order chi connectivity index (χ0) is 28.9. The summed E-state index contributed by atoms with van der Waals surface area (Å²) in [5.74, 6) is -0.0187. The van der Waals surface area contributed by atoms with Gasteiger partial charge in [0, 0.05) is 24.9 Å². The van der Waals surface area contributed by atoms with Crippen molar-refractivity contribution in [2.75, 3.05) is 31.7 Å². The Kier molecular flexibility index (Phi) is 29.5. The van der Waals surface area contributed by atoms with E-state index in [9.17, 15) is 14.3 Å². The Hall–Kier alpha value is 0.0200. The molecule has 0 heterocycles. The number of phosphoric acid groups is 1. The molecule has 1 amide bonds. The highest BCUT2D eigenvalue weighted by atomic mass is 79.9. The number of unbranched alkanes of at least 4 members (excludes halogenated alkanes) is 18. The molecule has 0 rings (SSSR count). The Balaban J connectivity index is 3.60. The van der Waals surface area contributed by atoms with E-state index in [-0.39, 0.29) is 25.7 Å². The lowest BCUT2D eigenvalue weighted by atomic mass is 10.0. The highest BCUT2D eigenvalue weighted by molar-refractivity contribution is 9.09. The van der Waals surface area contributed by atoms with E-state index in [1.54, 1.807) is 0 Å². The van der Waals surface area contributed by atoms with Crippen LogP contribution >= 0.6 is 23.8 Å². The molecule has 0 radical (unpaired) electrons. The van der Waals surface area contributed by atoms with Gasteiger partial charge in [0.05, 0.1) is 19.3 Å². The maximum Gasteiger partial charge on any atom is 0.472 e. The Bertz CT molecular complexity index is 584. The molecule has 0 spiro atoms. The smallest absolute Gasteiger partial charge is 0.374 e. The summed E-state index contributed by atoms with van der Waals surface area (Å²) < 4.78 is 27.3. The van der Waals surface area contributed by atoms with Crippen LogP contribution in [-0.2, 0) is 23.1 Å². The van der Waals surface area contributed by atoms with E-state index in [0.29, 0.717) is 18.4 Å². The van der Waals surface area contributed by atoms with Crippen molar-refractivity contribution in [3.63, 3.8) is 0 Å². The van der Waals surface area contributed by atoms with Gasteiger partial charge in [-0.15, -0.1) is 0 Å². The van der Waals surface area contributed by atoms with Crippen LogP contribution in [0.4, 0.5) is 0 Å². The van der Waals surface area contributed by atoms with Gasteiger partial charge in [0.2, 0.25) is 5.91 Å². The number of carbonyl (C=O) groups excluding carboxylic acids is 1. The normalized spacial score (nSPS) is 13.8. The quantitative estimate of drug-likeness (QED) is 0.0445. The largest absolute Gasteiger partial charge is 0.472 e. The highest BCUT2D eigenvalue weighted by Gasteiger charge is 2.23. The molecule has 39 heavy (non-hydrogen) atoms. The molecule has 2 atom stereocenters. The van der Waals surface area contributed by atoms with Gasteiger partial charge in [-0.2, -0.15) is 0 Å². The van der Waals surface area contributed by atoms with E-state index in [4.69, 9.17) is 13.8 Å². The molecule has 0 aliphatic heterocycles. The number of carbonyl (C=O) groups is 1. The minimum atomic E-state index is -4.12. The lowest BCUT2D eigenvalue weighted by Gasteiger charge is -2.20. The molecule has 0 bridgehead atoms. The van der Waals surface area contributed by atoms with Crippen LogP contribution < -0.4 is 5.32 Å². The molecule has 2 unspecified atom stereocenters. The van der Waals surface area contributed by atoms with Crippen LogP contribution in [0.3, 0.4) is 0 Å². The van der Waals surface area contributed by atoms with Crippen molar-refractivity contribution in [1.29, 1.82) is 0 Å². The molecular weight excluding hydrogens is 581 g/mol. The van der Waals surface area contributed by atoms with Crippen LogP contribution in [-0.4, -0.2) is 48.6 Å². The molecule has 0 saturated heterocycles. The second kappa shape index (κ2) is 29.5. The van der Waals surface area contributed by atoms with Crippen molar-refractivity contribution in [3.8, 4) is 0 Å². The maximum absolute atomic E-state index is 12.2. The van der Waals surface area contributed by atoms with Gasteiger partial charge < -0.3 is 14.9 Å². The molecule has 0 aromatic rings. The number of phosphoric ester groups is 1. The van der Waals surface area contributed by atoms with Crippen molar-refractivity contribution in [3.05, 3.63) is 0 Å². The van der Waals surface area contributed by atoms with E-state index in [1.165, 1.54) is 109 Å². The lowest BCUT2D eigenvalue weighted by Crippen LogP contribution is -2.36. The van der Waals surface area contributed by atoms with Crippen LogP contribution in [0.2, 0.25) is 0 Å². The first kappa shape index (κ1) is 39.0. The molecule has 0 saturated carbocycles. The zero-order valence-electron chi connectivity index (χ0n) is 25.3. The summed E-state index contributed by atoms with van der Waals surface area (Å²) in [6.07, 6.45) is 26.1. The van der Waals surface area contributed by atoms with Crippen molar-refractivity contribution in [1.82, 2.24) is 5.32 Å². The highest BCUT2D eigenvalue weighted by Crippen LogP contribution is 2.43. The summed E-state index contributed by atoms with van der Waals surface area (Å²) in [7, 11) is -4.12. The number of hydrogen-bond donors (Lipinski definition) is 2. The molecule has 0 aromatic carbocycles. The Morgan fingerprint density at radius 1 is 0.718 bits per heavy atom. The van der Waals surface area contributed by atoms with Gasteiger partial charge in [0.15, 0.2) is 0 Å². The average Bonchev–Trinajstić information content (AvgIpc) is 2.92. The molecule has 7 nitrogen and oxygen atoms in total. The zero-order valence-corrected chi connectivity index (χ0v) is 27.8. The number of halogens is 1. The Morgan fingerprint density at radius 2 is 1.18 bits per heavy atom. The fraction of sp³-hybridized carbons (Fsp3) is 0.967. The van der Waals surface area contributed by atoms with E-state index in [0.717, 1.165) is 19.3 Å².